The number of likely N-dealkylation sites (tertiary alicyclic amines) is 2. The molecule has 2 aliphatic rings. The molecule has 23 N–H and O–H groups in total. The molecule has 0 aromatic heterocycles. The third-order valence-corrected chi connectivity index (χ3v) is 14.8. The lowest BCUT2D eigenvalue weighted by Gasteiger charge is -2.33. The lowest BCUT2D eigenvalue weighted by molar-refractivity contribution is -0.144. The van der Waals surface area contributed by atoms with Crippen LogP contribution < -0.4 is 76.9 Å². The number of aliphatic hydroxyl groups is 2. The van der Waals surface area contributed by atoms with Gasteiger partial charge in [0.05, 0.1) is 31.7 Å². The number of hydrogen-bond donors (Lipinski definition) is 17. The lowest BCUT2D eigenvalue weighted by Crippen LogP contribution is -2.62. The molecule has 2 saturated heterocycles. The monoisotopic (exact) mass is 1200 g/mol. The van der Waals surface area contributed by atoms with Crippen LogP contribution in [0, 0.1) is 5.92 Å². The Bertz CT molecular complexity index is 2190. The zero-order valence-corrected chi connectivity index (χ0v) is 48.9. The zero-order chi connectivity index (χ0) is 63.1. The van der Waals surface area contributed by atoms with Crippen molar-refractivity contribution in [1.82, 2.24) is 52.3 Å². The van der Waals surface area contributed by atoms with E-state index in [9.17, 15) is 72.9 Å². The first-order valence-electron chi connectivity index (χ1n) is 29.3. The summed E-state index contributed by atoms with van der Waals surface area (Å²) in [6.07, 6.45) is 3.27. The second-order valence-electron chi connectivity index (χ2n) is 21.5. The molecule has 2 aliphatic heterocycles. The maximum Gasteiger partial charge on any atom is 0.326 e. The summed E-state index contributed by atoms with van der Waals surface area (Å²) < 4.78 is 0. The molecule has 2 rings (SSSR count). The average Bonchev–Trinajstić information content (AvgIpc) is 3.50. The van der Waals surface area contributed by atoms with Gasteiger partial charge in [0.2, 0.25) is 65.0 Å². The van der Waals surface area contributed by atoms with Crippen molar-refractivity contribution in [3.05, 3.63) is 0 Å². The molecular formula is C53H96N16O15. The maximum atomic E-state index is 14.3. The molecule has 12 atom stereocenters. The minimum absolute atomic E-state index is 0.0223. The van der Waals surface area contributed by atoms with Crippen molar-refractivity contribution in [2.24, 2.45) is 40.3 Å². The molecule has 0 unspecified atom stereocenters. The molecule has 0 aromatic rings. The lowest BCUT2D eigenvalue weighted by atomic mass is 9.96. The number of primary amides is 1. The van der Waals surface area contributed by atoms with E-state index in [0.29, 0.717) is 90.3 Å². The number of amides is 11. The Hall–Kier alpha value is -6.64. The van der Waals surface area contributed by atoms with Gasteiger partial charge in [0.25, 0.3) is 0 Å². The molecule has 0 bridgehead atoms. The van der Waals surface area contributed by atoms with Crippen molar-refractivity contribution in [3.8, 4) is 0 Å². The first-order valence-corrected chi connectivity index (χ1v) is 29.3. The Morgan fingerprint density at radius 1 is 0.536 bits per heavy atom. The number of carboxylic acids is 1. The van der Waals surface area contributed by atoms with Crippen LogP contribution in [0.1, 0.15) is 136 Å². The molecule has 2 heterocycles. The Morgan fingerprint density at radius 2 is 1.00 bits per heavy atom. The summed E-state index contributed by atoms with van der Waals surface area (Å²) in [4.78, 5) is 164. The van der Waals surface area contributed by atoms with Crippen molar-refractivity contribution < 1.29 is 72.9 Å². The molecule has 478 valence electrons. The molecule has 31 heteroatoms. The van der Waals surface area contributed by atoms with Crippen molar-refractivity contribution >= 4 is 70.9 Å². The normalized spacial score (nSPS) is 18.5. The topological polar surface area (TPSA) is 524 Å². The van der Waals surface area contributed by atoms with Crippen LogP contribution in [0.2, 0.25) is 0 Å². The molecule has 31 nitrogen and oxygen atoms in total. The third kappa shape index (κ3) is 24.5. The van der Waals surface area contributed by atoms with Gasteiger partial charge >= 0.3 is 5.97 Å². The van der Waals surface area contributed by atoms with Gasteiger partial charge in [-0.25, -0.2) is 4.79 Å². The van der Waals surface area contributed by atoms with Crippen LogP contribution in [0.4, 0.5) is 0 Å². The van der Waals surface area contributed by atoms with E-state index in [2.05, 4.69) is 42.5 Å². The van der Waals surface area contributed by atoms with Gasteiger partial charge < -0.3 is 102 Å². The highest BCUT2D eigenvalue weighted by atomic mass is 16.4. The predicted octanol–water partition coefficient (Wildman–Crippen LogP) is -6.30. The second-order valence-corrected chi connectivity index (χ2v) is 21.5. The number of nitrogens with zero attached hydrogens (tertiary/aromatic N) is 2. The van der Waals surface area contributed by atoms with Gasteiger partial charge in [-0.15, -0.1) is 0 Å². The number of rotatable bonds is 41. The fourth-order valence-electron chi connectivity index (χ4n) is 9.70. The van der Waals surface area contributed by atoms with Gasteiger partial charge in [-0.2, -0.15) is 0 Å². The van der Waals surface area contributed by atoms with E-state index in [1.807, 2.05) is 0 Å². The summed E-state index contributed by atoms with van der Waals surface area (Å²) in [6.45, 7) is 4.39. The van der Waals surface area contributed by atoms with Crippen LogP contribution in [0.5, 0.6) is 0 Å². The van der Waals surface area contributed by atoms with Gasteiger partial charge in [-0.3, -0.25) is 52.7 Å². The summed E-state index contributed by atoms with van der Waals surface area (Å²) in [7, 11) is 0. The quantitative estimate of drug-likeness (QED) is 0.0253. The number of nitrogens with one attached hydrogen (secondary N) is 8. The van der Waals surface area contributed by atoms with Gasteiger partial charge in [-0.1, -0.05) is 26.7 Å². The summed E-state index contributed by atoms with van der Waals surface area (Å²) in [5.41, 5.74) is 33.9. The molecule has 0 radical (unpaired) electrons. The first-order chi connectivity index (χ1) is 39.9. The molecule has 2 fully saturated rings. The number of aliphatic hydroxyl groups excluding tert-OH is 2. The predicted molar refractivity (Wildman–Crippen MR) is 305 cm³/mol. The number of unbranched alkanes of at least 4 members (excludes halogenated alkanes) is 4. The minimum Gasteiger partial charge on any atom is -0.480 e. The highest BCUT2D eigenvalue weighted by molar-refractivity contribution is 6.00. The molecule has 0 aliphatic carbocycles. The van der Waals surface area contributed by atoms with Crippen molar-refractivity contribution in [3.63, 3.8) is 0 Å². The standard InChI is InChI=1S/C53H96N16O15/c1-4-30(2)42(66-50(80)43(31(3)71)67-44(74)32(58)15-5-9-21-54)52(82)69-26-14-20-39(69)49(79)65-37(29-70)47(77)64-36(27-40(59)72)46(76)62-34(17-7-11-23-56)51(81)68-25-13-19-38(68)48(78)60-28-41(73)61-33(16-6-10-22-55)45(75)63-35(53(83)84)18-8-12-24-57/h30-39,42-43,70-71H,4-29,54-58H2,1-3H3,(H2,59,72)(H,60,78)(H,61,73)(H,62,76)(H,63,75)(H,64,77)(H,65,79)(H,66,80)(H,67,74)(H,83,84)/t30-,31+,32-,33-,34-,35-,36-,37-,38-,39-,42-,43-/m0/s1. The van der Waals surface area contributed by atoms with Gasteiger partial charge in [0.1, 0.15) is 54.4 Å². The average molecular weight is 1200 g/mol. The molecule has 11 amide bonds. The molecule has 0 aromatic carbocycles. The van der Waals surface area contributed by atoms with Gasteiger partial charge in [0.15, 0.2) is 0 Å². The Labute approximate surface area is 490 Å². The Kier molecular flexibility index (Phi) is 34.2. The van der Waals surface area contributed by atoms with Crippen LogP contribution in [0.25, 0.3) is 0 Å². The highest BCUT2D eigenvalue weighted by Crippen LogP contribution is 2.23. The zero-order valence-electron chi connectivity index (χ0n) is 48.9. The van der Waals surface area contributed by atoms with E-state index in [1.165, 1.54) is 16.7 Å². The van der Waals surface area contributed by atoms with Gasteiger partial charge in [0, 0.05) is 13.1 Å². The number of carboxylic acid groups (broad SMARTS) is 1. The molecule has 0 saturated carbocycles. The summed E-state index contributed by atoms with van der Waals surface area (Å²) in [5, 5.41) is 50.4. The number of carbonyl (C=O) groups excluding carboxylic acids is 11. The number of aliphatic carboxylic acids is 1. The van der Waals surface area contributed by atoms with Crippen molar-refractivity contribution in [2.75, 3.05) is 52.4 Å². The van der Waals surface area contributed by atoms with E-state index in [0.717, 1.165) is 0 Å². The maximum absolute atomic E-state index is 14.3. The Morgan fingerprint density at radius 3 is 1.51 bits per heavy atom. The number of carbonyl (C=O) groups is 12. The summed E-state index contributed by atoms with van der Waals surface area (Å²) in [6, 6.07) is -13.4. The van der Waals surface area contributed by atoms with E-state index in [1.54, 1.807) is 13.8 Å². The third-order valence-electron chi connectivity index (χ3n) is 14.8. The van der Waals surface area contributed by atoms with Gasteiger partial charge in [-0.05, 0) is 135 Å². The molecular weight excluding hydrogens is 1100 g/mol. The van der Waals surface area contributed by atoms with E-state index in [-0.39, 0.29) is 58.2 Å². The molecule has 84 heavy (non-hydrogen) atoms. The summed E-state index contributed by atoms with van der Waals surface area (Å²) in [5.74, 6) is -11.2. The van der Waals surface area contributed by atoms with Crippen LogP contribution in [0.15, 0.2) is 0 Å². The summed E-state index contributed by atoms with van der Waals surface area (Å²) >= 11 is 0. The largest absolute Gasteiger partial charge is 0.480 e. The first kappa shape index (κ1) is 73.5. The Balaban J connectivity index is 2.24. The fourth-order valence-corrected chi connectivity index (χ4v) is 9.70. The SMILES string of the molecule is CC[C@H](C)[C@H](NC(=O)[C@@H](NC(=O)[C@@H](N)CCCCN)[C@@H](C)O)C(=O)N1CCC[C@H]1C(=O)N[C@@H](CO)C(=O)N[C@@H](CC(N)=O)C(=O)N[C@@H](CCCCN)C(=O)N1CCC[C@H]1C(=O)NCC(=O)N[C@@H](CCCCN)C(=O)N[C@@H](CCCCN)C(=O)O. The smallest absolute Gasteiger partial charge is 0.326 e. The second kappa shape index (κ2) is 39.1. The van der Waals surface area contributed by atoms with E-state index in [4.69, 9.17) is 34.4 Å². The number of hydrogen-bond acceptors (Lipinski definition) is 19. The van der Waals surface area contributed by atoms with E-state index < -0.39 is 163 Å². The van der Waals surface area contributed by atoms with Crippen LogP contribution in [0.3, 0.4) is 0 Å². The van der Waals surface area contributed by atoms with Crippen LogP contribution in [-0.2, 0) is 57.5 Å². The van der Waals surface area contributed by atoms with Crippen molar-refractivity contribution in [2.45, 2.75) is 203 Å². The van der Waals surface area contributed by atoms with Crippen molar-refractivity contribution in [1.29, 1.82) is 0 Å². The highest BCUT2D eigenvalue weighted by Gasteiger charge is 2.43. The van der Waals surface area contributed by atoms with E-state index >= 15 is 0 Å². The molecule has 0 spiro atoms. The number of nitrogens with two attached hydrogens (primary N) is 6. The minimum atomic E-state index is -1.78. The van der Waals surface area contributed by atoms with Crippen LogP contribution >= 0.6 is 0 Å². The van der Waals surface area contributed by atoms with Crippen LogP contribution in [-0.4, -0.2) is 215 Å². The fraction of sp³-hybridized carbons (Fsp3) is 0.774.